The lowest BCUT2D eigenvalue weighted by Gasteiger charge is -2.45. The molecule has 2 fully saturated rings. The van der Waals surface area contributed by atoms with Gasteiger partial charge in [-0.2, -0.15) is 0 Å². The van der Waals surface area contributed by atoms with E-state index in [9.17, 15) is 4.79 Å². The normalized spacial score (nSPS) is 29.5. The first kappa shape index (κ1) is 15.4. The first-order chi connectivity index (χ1) is 11.8. The predicted octanol–water partition coefficient (Wildman–Crippen LogP) is 4.26. The molecule has 2 aliphatic heterocycles. The summed E-state index contributed by atoms with van der Waals surface area (Å²) in [4.78, 5) is 15.3. The SMILES string of the molecule is CC[C@@H]1CC[C@]2(c3ccccc3)OC[C@@H](c3ccccc3)N2C1=O. The lowest BCUT2D eigenvalue weighted by molar-refractivity contribution is -0.170. The lowest BCUT2D eigenvalue weighted by Crippen LogP contribution is -2.53. The van der Waals surface area contributed by atoms with Crippen molar-refractivity contribution in [1.29, 1.82) is 0 Å². The highest BCUT2D eigenvalue weighted by molar-refractivity contribution is 5.81. The number of benzene rings is 2. The molecule has 2 aromatic carbocycles. The number of hydrogen-bond acceptors (Lipinski definition) is 2. The Kier molecular flexibility index (Phi) is 3.89. The third-order valence-electron chi connectivity index (χ3n) is 5.50. The molecule has 24 heavy (non-hydrogen) atoms. The fourth-order valence-corrected chi connectivity index (χ4v) is 4.19. The standard InChI is InChI=1S/C21H23NO2/c1-2-16-13-14-21(18-11-7-4-8-12-18)22(20(16)23)19(15-24-21)17-9-5-3-6-10-17/h3-12,16,19H,2,13-15H2,1H3/t16-,19+,21-/m1/s1. The van der Waals surface area contributed by atoms with Gasteiger partial charge in [0.05, 0.1) is 12.6 Å². The number of carbonyl (C=O) groups is 1. The summed E-state index contributed by atoms with van der Waals surface area (Å²) in [6.07, 6.45) is 2.65. The van der Waals surface area contributed by atoms with Gasteiger partial charge in [0.15, 0.2) is 5.72 Å². The molecular formula is C21H23NO2. The van der Waals surface area contributed by atoms with E-state index in [1.807, 2.05) is 41.3 Å². The summed E-state index contributed by atoms with van der Waals surface area (Å²) in [5, 5.41) is 0. The highest BCUT2D eigenvalue weighted by Crippen LogP contribution is 2.50. The molecule has 1 amide bonds. The van der Waals surface area contributed by atoms with Gasteiger partial charge in [-0.25, -0.2) is 0 Å². The number of rotatable bonds is 3. The zero-order valence-electron chi connectivity index (χ0n) is 14.0. The van der Waals surface area contributed by atoms with Crippen LogP contribution in [0.25, 0.3) is 0 Å². The van der Waals surface area contributed by atoms with Gasteiger partial charge in [-0.3, -0.25) is 4.79 Å². The monoisotopic (exact) mass is 321 g/mol. The predicted molar refractivity (Wildman–Crippen MR) is 93.1 cm³/mol. The fraction of sp³-hybridized carbons (Fsp3) is 0.381. The smallest absolute Gasteiger partial charge is 0.228 e. The van der Waals surface area contributed by atoms with E-state index >= 15 is 0 Å². The van der Waals surface area contributed by atoms with Crippen LogP contribution in [0, 0.1) is 5.92 Å². The summed E-state index contributed by atoms with van der Waals surface area (Å²) in [7, 11) is 0. The number of piperidine rings is 1. The van der Waals surface area contributed by atoms with Crippen LogP contribution in [0.3, 0.4) is 0 Å². The summed E-state index contributed by atoms with van der Waals surface area (Å²) < 4.78 is 6.37. The number of ether oxygens (including phenoxy) is 1. The van der Waals surface area contributed by atoms with Crippen molar-refractivity contribution in [1.82, 2.24) is 4.90 Å². The average Bonchev–Trinajstić information content (AvgIpc) is 3.05. The molecule has 0 radical (unpaired) electrons. The van der Waals surface area contributed by atoms with E-state index in [1.165, 1.54) is 0 Å². The molecule has 0 aromatic heterocycles. The van der Waals surface area contributed by atoms with Crippen LogP contribution in [0.4, 0.5) is 0 Å². The van der Waals surface area contributed by atoms with Gasteiger partial charge in [-0.1, -0.05) is 67.6 Å². The molecule has 0 aliphatic carbocycles. The van der Waals surface area contributed by atoms with Gasteiger partial charge in [0.2, 0.25) is 5.91 Å². The second-order valence-corrected chi connectivity index (χ2v) is 6.74. The van der Waals surface area contributed by atoms with E-state index in [0.29, 0.717) is 6.61 Å². The van der Waals surface area contributed by atoms with Crippen LogP contribution in [0.1, 0.15) is 43.4 Å². The maximum Gasteiger partial charge on any atom is 0.228 e. The van der Waals surface area contributed by atoms with Crippen molar-refractivity contribution < 1.29 is 9.53 Å². The van der Waals surface area contributed by atoms with Gasteiger partial charge < -0.3 is 9.64 Å². The first-order valence-electron chi connectivity index (χ1n) is 8.84. The number of carbonyl (C=O) groups excluding carboxylic acids is 1. The molecule has 0 bridgehead atoms. The molecule has 0 N–H and O–H groups in total. The van der Waals surface area contributed by atoms with Crippen LogP contribution in [-0.2, 0) is 15.3 Å². The van der Waals surface area contributed by atoms with Gasteiger partial charge in [0.25, 0.3) is 0 Å². The van der Waals surface area contributed by atoms with Crippen LogP contribution >= 0.6 is 0 Å². The van der Waals surface area contributed by atoms with E-state index in [2.05, 4.69) is 31.2 Å². The van der Waals surface area contributed by atoms with Crippen LogP contribution in [-0.4, -0.2) is 17.4 Å². The summed E-state index contributed by atoms with van der Waals surface area (Å²) >= 11 is 0. The number of nitrogens with zero attached hydrogens (tertiary/aromatic N) is 1. The highest BCUT2D eigenvalue weighted by Gasteiger charge is 2.55. The van der Waals surface area contributed by atoms with E-state index in [4.69, 9.17) is 4.74 Å². The molecule has 3 nitrogen and oxygen atoms in total. The number of hydrogen-bond donors (Lipinski definition) is 0. The van der Waals surface area contributed by atoms with Crippen molar-refractivity contribution in [3.8, 4) is 0 Å². The quantitative estimate of drug-likeness (QED) is 0.845. The summed E-state index contributed by atoms with van der Waals surface area (Å²) in [6, 6.07) is 20.5. The average molecular weight is 321 g/mol. The van der Waals surface area contributed by atoms with E-state index in [0.717, 1.165) is 30.4 Å². The van der Waals surface area contributed by atoms with Gasteiger partial charge in [0, 0.05) is 17.9 Å². The topological polar surface area (TPSA) is 29.5 Å². The van der Waals surface area contributed by atoms with Crippen molar-refractivity contribution in [3.63, 3.8) is 0 Å². The Morgan fingerprint density at radius 1 is 1.08 bits per heavy atom. The lowest BCUT2D eigenvalue weighted by atomic mass is 9.83. The van der Waals surface area contributed by atoms with Crippen LogP contribution in [0.2, 0.25) is 0 Å². The molecule has 3 heteroatoms. The van der Waals surface area contributed by atoms with Gasteiger partial charge in [0.1, 0.15) is 0 Å². The summed E-state index contributed by atoms with van der Waals surface area (Å²) in [6.45, 7) is 2.66. The molecule has 2 aromatic rings. The zero-order valence-corrected chi connectivity index (χ0v) is 14.0. The van der Waals surface area contributed by atoms with E-state index in [1.54, 1.807) is 0 Å². The van der Waals surface area contributed by atoms with Gasteiger partial charge in [-0.05, 0) is 18.4 Å². The van der Waals surface area contributed by atoms with Crippen LogP contribution < -0.4 is 0 Å². The Morgan fingerprint density at radius 3 is 2.42 bits per heavy atom. The fourth-order valence-electron chi connectivity index (χ4n) is 4.19. The molecule has 0 unspecified atom stereocenters. The molecule has 0 spiro atoms. The second-order valence-electron chi connectivity index (χ2n) is 6.74. The Labute approximate surface area is 143 Å². The van der Waals surface area contributed by atoms with Crippen molar-refractivity contribution in [2.45, 2.75) is 38.0 Å². The molecule has 124 valence electrons. The Hall–Kier alpha value is -2.13. The highest BCUT2D eigenvalue weighted by atomic mass is 16.5. The van der Waals surface area contributed by atoms with Crippen molar-refractivity contribution in [2.24, 2.45) is 5.92 Å². The maximum atomic E-state index is 13.2. The minimum absolute atomic E-state index is 0.00624. The molecule has 2 heterocycles. The molecule has 2 saturated heterocycles. The first-order valence-corrected chi connectivity index (χ1v) is 8.84. The van der Waals surface area contributed by atoms with E-state index in [-0.39, 0.29) is 17.9 Å². The molecular weight excluding hydrogens is 298 g/mol. The summed E-state index contributed by atoms with van der Waals surface area (Å²) in [5.41, 5.74) is 1.64. The molecule has 0 saturated carbocycles. The molecule has 3 atom stereocenters. The van der Waals surface area contributed by atoms with Crippen molar-refractivity contribution >= 4 is 5.91 Å². The van der Waals surface area contributed by atoms with Gasteiger partial charge in [-0.15, -0.1) is 0 Å². The minimum atomic E-state index is -0.607. The Balaban J connectivity index is 1.80. The van der Waals surface area contributed by atoms with Crippen LogP contribution in [0.15, 0.2) is 60.7 Å². The van der Waals surface area contributed by atoms with Crippen molar-refractivity contribution in [3.05, 3.63) is 71.8 Å². The van der Waals surface area contributed by atoms with Crippen LogP contribution in [0.5, 0.6) is 0 Å². The minimum Gasteiger partial charge on any atom is -0.349 e. The number of fused-ring (bicyclic) bond motifs is 1. The summed E-state index contributed by atoms with van der Waals surface area (Å²) in [5.74, 6) is 0.341. The van der Waals surface area contributed by atoms with E-state index < -0.39 is 5.72 Å². The maximum absolute atomic E-state index is 13.2. The Bertz CT molecular complexity index is 715. The zero-order chi connectivity index (χ0) is 16.6. The van der Waals surface area contributed by atoms with Crippen molar-refractivity contribution in [2.75, 3.05) is 6.61 Å². The Morgan fingerprint density at radius 2 is 1.75 bits per heavy atom. The molecule has 2 aliphatic rings. The largest absolute Gasteiger partial charge is 0.349 e. The third kappa shape index (κ3) is 2.27. The second kappa shape index (κ2) is 6.06. The molecule has 4 rings (SSSR count). The number of amides is 1. The van der Waals surface area contributed by atoms with Gasteiger partial charge >= 0.3 is 0 Å². The third-order valence-corrected chi connectivity index (χ3v) is 5.50.